The van der Waals surface area contributed by atoms with Crippen molar-refractivity contribution in [3.63, 3.8) is 0 Å². The molecule has 0 aliphatic heterocycles. The molecule has 2 heterocycles. The topological polar surface area (TPSA) is 84.5 Å². The van der Waals surface area contributed by atoms with E-state index >= 15 is 0 Å². The number of hydrogen-bond acceptors (Lipinski definition) is 4. The second-order valence-electron chi connectivity index (χ2n) is 5.76. The Morgan fingerprint density at radius 2 is 1.48 bits per heavy atom. The maximum absolute atomic E-state index is 12.4. The van der Waals surface area contributed by atoms with Gasteiger partial charge in [-0.1, -0.05) is 11.6 Å². The quantitative estimate of drug-likeness (QED) is 0.510. The van der Waals surface area contributed by atoms with Crippen molar-refractivity contribution in [2.24, 2.45) is 0 Å². The van der Waals surface area contributed by atoms with E-state index in [0.29, 0.717) is 22.0 Å². The first-order valence-corrected chi connectivity index (χ1v) is 8.42. The van der Waals surface area contributed by atoms with E-state index in [1.54, 1.807) is 60.7 Å². The Morgan fingerprint density at radius 1 is 0.815 bits per heavy atom. The van der Waals surface area contributed by atoms with Crippen LogP contribution in [0.5, 0.6) is 0 Å². The van der Waals surface area contributed by atoms with E-state index < -0.39 is 0 Å². The lowest BCUT2D eigenvalue weighted by molar-refractivity contribution is 0.0990. The Bertz CT molecular complexity index is 1110. The van der Waals surface area contributed by atoms with Gasteiger partial charge in [0.2, 0.25) is 0 Å². The minimum absolute atomic E-state index is 0.183. The van der Waals surface area contributed by atoms with Crippen molar-refractivity contribution in [3.05, 3.63) is 83.5 Å². The molecule has 2 aromatic heterocycles. The third-order valence-electron chi connectivity index (χ3n) is 3.85. The summed E-state index contributed by atoms with van der Waals surface area (Å²) in [4.78, 5) is 24.3. The average molecular weight is 381 g/mol. The second-order valence-corrected chi connectivity index (χ2v) is 6.19. The van der Waals surface area contributed by atoms with Crippen LogP contribution in [-0.2, 0) is 0 Å². The molecule has 0 bridgehead atoms. The molecule has 0 saturated carbocycles. The average Bonchev–Trinajstić information content (AvgIpc) is 3.32. The highest BCUT2D eigenvalue weighted by molar-refractivity contribution is 6.31. The van der Waals surface area contributed by atoms with Crippen molar-refractivity contribution < 1.29 is 18.4 Å². The van der Waals surface area contributed by atoms with Gasteiger partial charge in [0, 0.05) is 21.8 Å². The highest BCUT2D eigenvalue weighted by Crippen LogP contribution is 2.24. The first-order chi connectivity index (χ1) is 13.1. The van der Waals surface area contributed by atoms with Gasteiger partial charge in [-0.05, 0) is 60.7 Å². The highest BCUT2D eigenvalue weighted by Gasteiger charge is 2.13. The largest absolute Gasteiger partial charge is 0.459 e. The molecule has 134 valence electrons. The molecule has 0 aliphatic carbocycles. The SMILES string of the molecule is O=C(Nc1ccc(NC(=O)c2cc3cc(Cl)ccc3o2)cc1)c1ccco1. The van der Waals surface area contributed by atoms with E-state index in [1.807, 2.05) is 0 Å². The first-order valence-electron chi connectivity index (χ1n) is 8.04. The third-order valence-corrected chi connectivity index (χ3v) is 4.08. The van der Waals surface area contributed by atoms with Gasteiger partial charge in [-0.25, -0.2) is 0 Å². The molecule has 7 heteroatoms. The van der Waals surface area contributed by atoms with E-state index in [0.717, 1.165) is 5.39 Å². The summed E-state index contributed by atoms with van der Waals surface area (Å²) in [6.45, 7) is 0. The number of nitrogens with one attached hydrogen (secondary N) is 2. The maximum Gasteiger partial charge on any atom is 0.291 e. The number of rotatable bonds is 4. The van der Waals surface area contributed by atoms with Crippen molar-refractivity contribution in [1.29, 1.82) is 0 Å². The molecule has 0 spiro atoms. The Balaban J connectivity index is 1.44. The van der Waals surface area contributed by atoms with Gasteiger partial charge in [-0.2, -0.15) is 0 Å². The fourth-order valence-corrected chi connectivity index (χ4v) is 2.74. The molecule has 6 nitrogen and oxygen atoms in total. The molecular weight excluding hydrogens is 368 g/mol. The summed E-state index contributed by atoms with van der Waals surface area (Å²) >= 11 is 5.94. The first kappa shape index (κ1) is 16.9. The Kier molecular flexibility index (Phi) is 4.40. The number of amides is 2. The molecule has 0 unspecified atom stereocenters. The van der Waals surface area contributed by atoms with Crippen LogP contribution in [-0.4, -0.2) is 11.8 Å². The molecule has 2 aromatic carbocycles. The summed E-state index contributed by atoms with van der Waals surface area (Å²) in [7, 11) is 0. The van der Waals surface area contributed by atoms with Crippen molar-refractivity contribution in [1.82, 2.24) is 0 Å². The molecule has 0 aliphatic rings. The minimum Gasteiger partial charge on any atom is -0.459 e. The van der Waals surface area contributed by atoms with E-state index in [2.05, 4.69) is 10.6 Å². The predicted octanol–water partition coefficient (Wildman–Crippen LogP) is 5.18. The van der Waals surface area contributed by atoms with Crippen molar-refractivity contribution in [2.75, 3.05) is 10.6 Å². The summed E-state index contributed by atoms with van der Waals surface area (Å²) in [6.07, 6.45) is 1.43. The summed E-state index contributed by atoms with van der Waals surface area (Å²) in [5.74, 6) is -0.327. The van der Waals surface area contributed by atoms with E-state index in [1.165, 1.54) is 6.26 Å². The van der Waals surface area contributed by atoms with Crippen LogP contribution in [0, 0.1) is 0 Å². The molecule has 27 heavy (non-hydrogen) atoms. The zero-order valence-corrected chi connectivity index (χ0v) is 14.6. The standard InChI is InChI=1S/C20H13ClN2O4/c21-13-3-8-16-12(10-13)11-18(27-16)20(25)23-15-6-4-14(5-7-15)22-19(24)17-2-1-9-26-17/h1-11H,(H,22,24)(H,23,25). The fourth-order valence-electron chi connectivity index (χ4n) is 2.56. The van der Waals surface area contributed by atoms with Gasteiger partial charge in [-0.3, -0.25) is 9.59 Å². The molecule has 0 atom stereocenters. The fraction of sp³-hybridized carbons (Fsp3) is 0. The van der Waals surface area contributed by atoms with Gasteiger partial charge in [-0.15, -0.1) is 0 Å². The van der Waals surface area contributed by atoms with Gasteiger partial charge in [0.25, 0.3) is 11.8 Å². The van der Waals surface area contributed by atoms with Crippen molar-refractivity contribution >= 4 is 45.8 Å². The summed E-state index contributed by atoms with van der Waals surface area (Å²) in [6, 6.07) is 16.7. The number of furan rings is 2. The molecule has 4 rings (SSSR count). The smallest absolute Gasteiger partial charge is 0.291 e. The number of carbonyl (C=O) groups excluding carboxylic acids is 2. The van der Waals surface area contributed by atoms with Gasteiger partial charge in [0.15, 0.2) is 11.5 Å². The Morgan fingerprint density at radius 3 is 2.11 bits per heavy atom. The van der Waals surface area contributed by atoms with E-state index in [4.69, 9.17) is 20.4 Å². The zero-order chi connectivity index (χ0) is 18.8. The molecule has 0 saturated heterocycles. The predicted molar refractivity (Wildman–Crippen MR) is 102 cm³/mol. The second kappa shape index (κ2) is 7.01. The molecule has 0 fully saturated rings. The molecule has 2 N–H and O–H groups in total. The van der Waals surface area contributed by atoms with Gasteiger partial charge >= 0.3 is 0 Å². The lowest BCUT2D eigenvalue weighted by Crippen LogP contribution is -2.12. The van der Waals surface area contributed by atoms with Crippen molar-refractivity contribution in [3.8, 4) is 0 Å². The van der Waals surface area contributed by atoms with Crippen LogP contribution in [0.3, 0.4) is 0 Å². The summed E-state index contributed by atoms with van der Waals surface area (Å²) < 4.78 is 10.6. The molecule has 4 aromatic rings. The lowest BCUT2D eigenvalue weighted by atomic mass is 10.2. The maximum atomic E-state index is 12.4. The van der Waals surface area contributed by atoms with Crippen LogP contribution in [0.1, 0.15) is 21.1 Å². The summed E-state index contributed by atoms with van der Waals surface area (Å²) in [5, 5.41) is 6.77. The number of fused-ring (bicyclic) bond motifs is 1. The van der Waals surface area contributed by atoms with E-state index in [-0.39, 0.29) is 23.3 Å². The van der Waals surface area contributed by atoms with Gasteiger partial charge in [0.1, 0.15) is 5.58 Å². The number of carbonyl (C=O) groups is 2. The van der Waals surface area contributed by atoms with Crippen LogP contribution >= 0.6 is 11.6 Å². The van der Waals surface area contributed by atoms with Crippen LogP contribution in [0.4, 0.5) is 11.4 Å². The van der Waals surface area contributed by atoms with Crippen LogP contribution in [0.2, 0.25) is 5.02 Å². The van der Waals surface area contributed by atoms with Crippen LogP contribution < -0.4 is 10.6 Å². The lowest BCUT2D eigenvalue weighted by Gasteiger charge is -2.06. The molecule has 2 amide bonds. The van der Waals surface area contributed by atoms with Crippen molar-refractivity contribution in [2.45, 2.75) is 0 Å². The number of anilines is 2. The van der Waals surface area contributed by atoms with Gasteiger partial charge < -0.3 is 19.5 Å². The Labute approximate surface area is 158 Å². The summed E-state index contributed by atoms with van der Waals surface area (Å²) in [5.41, 5.74) is 1.72. The van der Waals surface area contributed by atoms with Crippen LogP contribution in [0.25, 0.3) is 11.0 Å². The zero-order valence-electron chi connectivity index (χ0n) is 13.9. The van der Waals surface area contributed by atoms with Gasteiger partial charge in [0.05, 0.1) is 6.26 Å². The monoisotopic (exact) mass is 380 g/mol. The van der Waals surface area contributed by atoms with Crippen LogP contribution in [0.15, 0.2) is 75.8 Å². The molecular formula is C20H13ClN2O4. The Hall–Kier alpha value is -3.51. The molecule has 0 radical (unpaired) electrons. The normalized spacial score (nSPS) is 10.7. The minimum atomic E-state index is -0.380. The third kappa shape index (κ3) is 3.70. The number of hydrogen-bond donors (Lipinski definition) is 2. The van der Waals surface area contributed by atoms with E-state index in [9.17, 15) is 9.59 Å². The highest BCUT2D eigenvalue weighted by atomic mass is 35.5. The number of benzene rings is 2. The number of halogens is 1.